The lowest BCUT2D eigenvalue weighted by molar-refractivity contribution is 0.102. The third kappa shape index (κ3) is 3.36. The van der Waals surface area contributed by atoms with Crippen LogP contribution in [-0.4, -0.2) is 25.7 Å². The van der Waals surface area contributed by atoms with Crippen molar-refractivity contribution in [3.05, 3.63) is 47.8 Å². The molecule has 0 saturated carbocycles. The summed E-state index contributed by atoms with van der Waals surface area (Å²) in [6, 6.07) is 9.22. The lowest BCUT2D eigenvalue weighted by Gasteiger charge is -2.19. The van der Waals surface area contributed by atoms with Gasteiger partial charge in [0.1, 0.15) is 13.2 Å². The van der Waals surface area contributed by atoms with Crippen molar-refractivity contribution in [2.75, 3.05) is 25.1 Å². The van der Waals surface area contributed by atoms with Crippen molar-refractivity contribution in [2.24, 2.45) is 0 Å². The number of benzene rings is 2. The van der Waals surface area contributed by atoms with E-state index in [1.807, 2.05) is 0 Å². The van der Waals surface area contributed by atoms with Gasteiger partial charge in [0.05, 0.1) is 6.61 Å². The Bertz CT molecular complexity index is 733. The van der Waals surface area contributed by atoms with Gasteiger partial charge in [-0.15, -0.1) is 0 Å². The first-order chi connectivity index (χ1) is 11.2. The Hall–Kier alpha value is -2.76. The van der Waals surface area contributed by atoms with E-state index in [-0.39, 0.29) is 11.3 Å². The van der Waals surface area contributed by atoms with Gasteiger partial charge in [0, 0.05) is 17.3 Å². The van der Waals surface area contributed by atoms with Crippen LogP contribution in [0.25, 0.3) is 0 Å². The van der Waals surface area contributed by atoms with Crippen LogP contribution < -0.4 is 19.5 Å². The first-order valence-electron chi connectivity index (χ1n) is 7.30. The molecule has 120 valence electrons. The topological polar surface area (TPSA) is 56.8 Å². The van der Waals surface area contributed by atoms with Crippen LogP contribution in [-0.2, 0) is 0 Å². The molecular formula is C17H16FNO4. The summed E-state index contributed by atoms with van der Waals surface area (Å²) in [5, 5.41) is 2.71. The molecule has 0 aromatic heterocycles. The highest BCUT2D eigenvalue weighted by atomic mass is 19.1. The summed E-state index contributed by atoms with van der Waals surface area (Å²) >= 11 is 0. The molecule has 0 aliphatic carbocycles. The maximum absolute atomic E-state index is 13.8. The van der Waals surface area contributed by atoms with Crippen LogP contribution in [0.1, 0.15) is 17.3 Å². The number of halogens is 1. The van der Waals surface area contributed by atoms with Gasteiger partial charge in [0.15, 0.2) is 23.1 Å². The number of fused-ring (bicyclic) bond motifs is 1. The van der Waals surface area contributed by atoms with E-state index in [0.717, 1.165) is 6.07 Å². The molecule has 2 aromatic rings. The van der Waals surface area contributed by atoms with Gasteiger partial charge in [-0.25, -0.2) is 4.39 Å². The van der Waals surface area contributed by atoms with Gasteiger partial charge in [0.25, 0.3) is 5.91 Å². The van der Waals surface area contributed by atoms with E-state index < -0.39 is 11.7 Å². The number of nitrogens with one attached hydrogen (secondary N) is 1. The number of rotatable bonds is 4. The molecule has 1 aliphatic rings. The van der Waals surface area contributed by atoms with Crippen LogP contribution in [0.3, 0.4) is 0 Å². The largest absolute Gasteiger partial charge is 0.491 e. The average molecular weight is 317 g/mol. The van der Waals surface area contributed by atoms with Gasteiger partial charge in [-0.3, -0.25) is 4.79 Å². The molecule has 0 saturated heterocycles. The summed E-state index contributed by atoms with van der Waals surface area (Å²) in [5.41, 5.74) is 0.759. The van der Waals surface area contributed by atoms with E-state index >= 15 is 0 Å². The SMILES string of the molecule is CCOc1ccc(C(=O)Nc2ccc3c(c2)OCCO3)cc1F. The van der Waals surface area contributed by atoms with E-state index in [1.54, 1.807) is 25.1 Å². The summed E-state index contributed by atoms with van der Waals surface area (Å²) in [6.07, 6.45) is 0. The normalized spacial score (nSPS) is 12.6. The molecule has 0 unspecified atom stereocenters. The number of hydrogen-bond acceptors (Lipinski definition) is 4. The number of carbonyl (C=O) groups excluding carboxylic acids is 1. The van der Waals surface area contributed by atoms with Crippen molar-refractivity contribution in [3.63, 3.8) is 0 Å². The maximum atomic E-state index is 13.8. The summed E-state index contributed by atoms with van der Waals surface area (Å²) in [7, 11) is 0. The monoisotopic (exact) mass is 317 g/mol. The van der Waals surface area contributed by atoms with Crippen LogP contribution >= 0.6 is 0 Å². The van der Waals surface area contributed by atoms with Gasteiger partial charge < -0.3 is 19.5 Å². The third-order valence-electron chi connectivity index (χ3n) is 3.29. The Balaban J connectivity index is 1.75. The quantitative estimate of drug-likeness (QED) is 0.940. The average Bonchev–Trinajstić information content (AvgIpc) is 2.56. The fraction of sp³-hybridized carbons (Fsp3) is 0.235. The zero-order valence-electron chi connectivity index (χ0n) is 12.6. The molecule has 0 atom stereocenters. The zero-order chi connectivity index (χ0) is 16.2. The summed E-state index contributed by atoms with van der Waals surface area (Å²) in [5.74, 6) is 0.363. The predicted molar refractivity (Wildman–Crippen MR) is 83.0 cm³/mol. The number of anilines is 1. The van der Waals surface area contributed by atoms with Crippen molar-refractivity contribution in [1.82, 2.24) is 0 Å². The Kier molecular flexibility index (Phi) is 4.32. The highest BCUT2D eigenvalue weighted by Gasteiger charge is 2.14. The molecule has 0 spiro atoms. The lowest BCUT2D eigenvalue weighted by atomic mass is 10.2. The van der Waals surface area contributed by atoms with Gasteiger partial charge in [-0.1, -0.05) is 0 Å². The van der Waals surface area contributed by atoms with E-state index in [9.17, 15) is 9.18 Å². The Labute approximate surface area is 133 Å². The summed E-state index contributed by atoms with van der Waals surface area (Å²) in [4.78, 5) is 12.2. The van der Waals surface area contributed by atoms with Crippen LogP contribution in [0.4, 0.5) is 10.1 Å². The van der Waals surface area contributed by atoms with Crippen LogP contribution in [0.2, 0.25) is 0 Å². The Morgan fingerprint density at radius 2 is 1.96 bits per heavy atom. The number of amides is 1. The van der Waals surface area contributed by atoms with E-state index in [4.69, 9.17) is 14.2 Å². The maximum Gasteiger partial charge on any atom is 0.255 e. The van der Waals surface area contributed by atoms with Crippen molar-refractivity contribution >= 4 is 11.6 Å². The van der Waals surface area contributed by atoms with Gasteiger partial charge in [0.2, 0.25) is 0 Å². The fourth-order valence-corrected chi connectivity index (χ4v) is 2.24. The number of ether oxygens (including phenoxy) is 3. The molecule has 0 bridgehead atoms. The van der Waals surface area contributed by atoms with Gasteiger partial charge in [-0.2, -0.15) is 0 Å². The minimum atomic E-state index is -0.568. The van der Waals surface area contributed by atoms with Crippen LogP contribution in [0, 0.1) is 5.82 Å². The van der Waals surface area contributed by atoms with Crippen molar-refractivity contribution in [1.29, 1.82) is 0 Å². The third-order valence-corrected chi connectivity index (χ3v) is 3.29. The van der Waals surface area contributed by atoms with Crippen LogP contribution in [0.15, 0.2) is 36.4 Å². The summed E-state index contributed by atoms with van der Waals surface area (Å²) < 4.78 is 29.8. The molecule has 23 heavy (non-hydrogen) atoms. The minimum Gasteiger partial charge on any atom is -0.491 e. The first kappa shape index (κ1) is 15.1. The molecule has 6 heteroatoms. The fourth-order valence-electron chi connectivity index (χ4n) is 2.24. The van der Waals surface area contributed by atoms with Gasteiger partial charge >= 0.3 is 0 Å². The second-order valence-corrected chi connectivity index (χ2v) is 4.89. The molecule has 1 heterocycles. The Morgan fingerprint density at radius 3 is 2.70 bits per heavy atom. The smallest absolute Gasteiger partial charge is 0.255 e. The molecular weight excluding hydrogens is 301 g/mol. The van der Waals surface area contributed by atoms with Crippen molar-refractivity contribution in [2.45, 2.75) is 6.92 Å². The van der Waals surface area contributed by atoms with Crippen LogP contribution in [0.5, 0.6) is 17.2 Å². The second-order valence-electron chi connectivity index (χ2n) is 4.89. The molecule has 1 aliphatic heterocycles. The molecule has 1 N–H and O–H groups in total. The first-order valence-corrected chi connectivity index (χ1v) is 7.30. The predicted octanol–water partition coefficient (Wildman–Crippen LogP) is 3.25. The highest BCUT2D eigenvalue weighted by Crippen LogP contribution is 2.32. The molecule has 1 amide bonds. The molecule has 2 aromatic carbocycles. The number of hydrogen-bond donors (Lipinski definition) is 1. The second kappa shape index (κ2) is 6.56. The van der Waals surface area contributed by atoms with Crippen molar-refractivity contribution in [3.8, 4) is 17.2 Å². The minimum absolute atomic E-state index is 0.128. The lowest BCUT2D eigenvalue weighted by Crippen LogP contribution is -2.16. The molecule has 0 radical (unpaired) electrons. The zero-order valence-corrected chi connectivity index (χ0v) is 12.6. The van der Waals surface area contributed by atoms with Gasteiger partial charge in [-0.05, 0) is 37.3 Å². The highest BCUT2D eigenvalue weighted by molar-refractivity contribution is 6.04. The number of carbonyl (C=O) groups is 1. The molecule has 0 fully saturated rings. The van der Waals surface area contributed by atoms with E-state index in [0.29, 0.717) is 37.0 Å². The standard InChI is InChI=1S/C17H16FNO4/c1-2-21-14-5-3-11(9-13(14)18)17(20)19-12-4-6-15-16(10-12)23-8-7-22-15/h3-6,9-10H,2,7-8H2,1H3,(H,19,20). The van der Waals surface area contributed by atoms with E-state index in [1.165, 1.54) is 12.1 Å². The Morgan fingerprint density at radius 1 is 1.17 bits per heavy atom. The molecule has 3 rings (SSSR count). The van der Waals surface area contributed by atoms with Crippen molar-refractivity contribution < 1.29 is 23.4 Å². The summed E-state index contributed by atoms with van der Waals surface area (Å²) in [6.45, 7) is 3.10. The molecule has 5 nitrogen and oxygen atoms in total. The van der Waals surface area contributed by atoms with E-state index in [2.05, 4.69) is 5.32 Å².